The first-order valence-corrected chi connectivity index (χ1v) is 7.35. The molecule has 0 aliphatic carbocycles. The average molecular weight is 341 g/mol. The fraction of sp³-hybridized carbons (Fsp3) is 0.154. The molecule has 19 heavy (non-hydrogen) atoms. The Morgan fingerprint density at radius 1 is 1.47 bits per heavy atom. The normalized spacial score (nSPS) is 13.0. The second-order valence-electron chi connectivity index (χ2n) is 4.21. The van der Waals surface area contributed by atoms with Gasteiger partial charge in [0.1, 0.15) is 5.82 Å². The maximum absolute atomic E-state index is 13.0. The number of nitrogens with zero attached hydrogens (tertiary/aromatic N) is 2. The van der Waals surface area contributed by atoms with Crippen molar-refractivity contribution in [3.8, 4) is 0 Å². The van der Waals surface area contributed by atoms with Crippen LogP contribution in [0.3, 0.4) is 0 Å². The predicted octanol–water partition coefficient (Wildman–Crippen LogP) is 3.57. The van der Waals surface area contributed by atoms with Gasteiger partial charge in [-0.25, -0.2) is 9.37 Å². The lowest BCUT2D eigenvalue weighted by atomic mass is 10.1. The van der Waals surface area contributed by atoms with Gasteiger partial charge in [0, 0.05) is 28.7 Å². The quantitative estimate of drug-likeness (QED) is 0.791. The third-order valence-corrected chi connectivity index (χ3v) is 4.32. The van der Waals surface area contributed by atoms with Crippen LogP contribution in [0.25, 0.3) is 4.96 Å². The summed E-state index contributed by atoms with van der Waals surface area (Å²) >= 11 is 4.81. The Labute approximate surface area is 121 Å². The Morgan fingerprint density at radius 3 is 3.05 bits per heavy atom. The van der Waals surface area contributed by atoms with Gasteiger partial charge in [0.2, 0.25) is 0 Å². The van der Waals surface area contributed by atoms with Gasteiger partial charge in [-0.2, -0.15) is 0 Å². The van der Waals surface area contributed by atoms with Crippen molar-refractivity contribution < 1.29 is 9.50 Å². The summed E-state index contributed by atoms with van der Waals surface area (Å²) in [4.78, 5) is 5.32. The topological polar surface area (TPSA) is 37.5 Å². The lowest BCUT2D eigenvalue weighted by molar-refractivity contribution is 0.176. The number of aliphatic hydroxyl groups is 1. The van der Waals surface area contributed by atoms with E-state index in [-0.39, 0.29) is 5.82 Å². The molecule has 0 saturated heterocycles. The first kappa shape index (κ1) is 12.8. The van der Waals surface area contributed by atoms with Crippen LogP contribution in [0, 0.1) is 5.82 Å². The number of hydrogen-bond acceptors (Lipinski definition) is 3. The van der Waals surface area contributed by atoms with Crippen LogP contribution < -0.4 is 0 Å². The standard InChI is InChI=1S/C13H10BrFN2OS/c14-11-5-8(15)1-2-10(11)12(18)6-9-7-17-3-4-19-13(17)16-9/h1-5,7,12,18H,6H2. The molecule has 0 saturated carbocycles. The maximum atomic E-state index is 13.0. The summed E-state index contributed by atoms with van der Waals surface area (Å²) in [6.45, 7) is 0. The Kier molecular flexibility index (Phi) is 3.38. The van der Waals surface area contributed by atoms with E-state index in [4.69, 9.17) is 0 Å². The highest BCUT2D eigenvalue weighted by Gasteiger charge is 2.14. The SMILES string of the molecule is OC(Cc1cn2ccsc2n1)c1ccc(F)cc1Br. The number of aromatic nitrogens is 2. The molecule has 0 aliphatic rings. The number of halogens is 2. The summed E-state index contributed by atoms with van der Waals surface area (Å²) in [5, 5.41) is 12.2. The molecule has 0 amide bonds. The molecule has 3 nitrogen and oxygen atoms in total. The van der Waals surface area contributed by atoms with E-state index < -0.39 is 6.10 Å². The Bertz CT molecular complexity index is 696. The molecule has 2 aromatic heterocycles. The third-order valence-electron chi connectivity index (χ3n) is 2.87. The molecule has 0 fully saturated rings. The second kappa shape index (κ2) is 5.03. The lowest BCUT2D eigenvalue weighted by Gasteiger charge is -2.11. The van der Waals surface area contributed by atoms with Gasteiger partial charge in [0.05, 0.1) is 11.8 Å². The Balaban J connectivity index is 1.84. The Morgan fingerprint density at radius 2 is 2.32 bits per heavy atom. The summed E-state index contributed by atoms with van der Waals surface area (Å²) < 4.78 is 15.5. The highest BCUT2D eigenvalue weighted by Crippen LogP contribution is 2.27. The van der Waals surface area contributed by atoms with Crippen LogP contribution >= 0.6 is 27.3 Å². The van der Waals surface area contributed by atoms with E-state index in [0.29, 0.717) is 16.5 Å². The van der Waals surface area contributed by atoms with E-state index in [1.807, 2.05) is 22.2 Å². The first-order valence-electron chi connectivity index (χ1n) is 5.67. The molecule has 3 rings (SSSR count). The van der Waals surface area contributed by atoms with Gasteiger partial charge in [-0.1, -0.05) is 22.0 Å². The zero-order valence-electron chi connectivity index (χ0n) is 9.75. The molecule has 0 radical (unpaired) electrons. The zero-order valence-corrected chi connectivity index (χ0v) is 12.2. The van der Waals surface area contributed by atoms with Crippen LogP contribution in [-0.4, -0.2) is 14.5 Å². The van der Waals surface area contributed by atoms with Crippen LogP contribution in [0.4, 0.5) is 4.39 Å². The van der Waals surface area contributed by atoms with E-state index in [9.17, 15) is 9.50 Å². The van der Waals surface area contributed by atoms with Crippen LogP contribution in [0.2, 0.25) is 0 Å². The van der Waals surface area contributed by atoms with Gasteiger partial charge in [-0.15, -0.1) is 11.3 Å². The van der Waals surface area contributed by atoms with Crippen molar-refractivity contribution in [2.45, 2.75) is 12.5 Å². The van der Waals surface area contributed by atoms with Crippen LogP contribution in [0.15, 0.2) is 40.4 Å². The number of imidazole rings is 1. The van der Waals surface area contributed by atoms with Crippen LogP contribution in [-0.2, 0) is 6.42 Å². The van der Waals surface area contributed by atoms with Crippen LogP contribution in [0.1, 0.15) is 17.4 Å². The van der Waals surface area contributed by atoms with Crippen molar-refractivity contribution in [2.75, 3.05) is 0 Å². The minimum absolute atomic E-state index is 0.328. The molecule has 2 heterocycles. The van der Waals surface area contributed by atoms with Gasteiger partial charge in [-0.3, -0.25) is 4.40 Å². The average Bonchev–Trinajstić information content (AvgIpc) is 2.89. The highest BCUT2D eigenvalue weighted by molar-refractivity contribution is 9.10. The van der Waals surface area contributed by atoms with Crippen molar-refractivity contribution in [1.29, 1.82) is 0 Å². The van der Waals surface area contributed by atoms with Gasteiger partial charge in [-0.05, 0) is 17.7 Å². The summed E-state index contributed by atoms with van der Waals surface area (Å²) in [6, 6.07) is 4.28. The van der Waals surface area contributed by atoms with Crippen molar-refractivity contribution in [3.63, 3.8) is 0 Å². The van der Waals surface area contributed by atoms with E-state index in [1.165, 1.54) is 12.1 Å². The van der Waals surface area contributed by atoms with Gasteiger partial charge in [0.15, 0.2) is 4.96 Å². The molecule has 0 aliphatic heterocycles. The minimum atomic E-state index is -0.709. The van der Waals surface area contributed by atoms with Crippen molar-refractivity contribution in [2.24, 2.45) is 0 Å². The van der Waals surface area contributed by atoms with E-state index in [1.54, 1.807) is 17.4 Å². The van der Waals surface area contributed by atoms with Crippen molar-refractivity contribution >= 4 is 32.2 Å². The molecule has 1 N–H and O–H groups in total. The van der Waals surface area contributed by atoms with Crippen molar-refractivity contribution in [1.82, 2.24) is 9.38 Å². The maximum Gasteiger partial charge on any atom is 0.193 e. The largest absolute Gasteiger partial charge is 0.388 e. The smallest absolute Gasteiger partial charge is 0.193 e. The van der Waals surface area contributed by atoms with Gasteiger partial charge < -0.3 is 5.11 Å². The van der Waals surface area contributed by atoms with E-state index in [0.717, 1.165) is 10.7 Å². The fourth-order valence-corrected chi connectivity index (χ4v) is 3.29. The molecule has 6 heteroatoms. The number of aliphatic hydroxyl groups excluding tert-OH is 1. The van der Waals surface area contributed by atoms with E-state index in [2.05, 4.69) is 20.9 Å². The zero-order chi connectivity index (χ0) is 13.4. The molecular formula is C13H10BrFN2OS. The summed E-state index contributed by atoms with van der Waals surface area (Å²) in [7, 11) is 0. The molecule has 98 valence electrons. The summed E-state index contributed by atoms with van der Waals surface area (Å²) in [5.41, 5.74) is 1.48. The third kappa shape index (κ3) is 2.56. The number of fused-ring (bicyclic) bond motifs is 1. The minimum Gasteiger partial charge on any atom is -0.388 e. The highest BCUT2D eigenvalue weighted by atomic mass is 79.9. The molecule has 1 unspecified atom stereocenters. The fourth-order valence-electron chi connectivity index (χ4n) is 1.95. The molecule has 1 atom stereocenters. The summed E-state index contributed by atoms with van der Waals surface area (Å²) in [5.74, 6) is -0.328. The number of hydrogen-bond donors (Lipinski definition) is 1. The van der Waals surface area contributed by atoms with Gasteiger partial charge in [0.25, 0.3) is 0 Å². The number of rotatable bonds is 3. The van der Waals surface area contributed by atoms with Crippen molar-refractivity contribution in [3.05, 3.63) is 57.5 Å². The van der Waals surface area contributed by atoms with Gasteiger partial charge >= 0.3 is 0 Å². The monoisotopic (exact) mass is 340 g/mol. The number of benzene rings is 1. The molecular weight excluding hydrogens is 331 g/mol. The molecule has 1 aromatic carbocycles. The van der Waals surface area contributed by atoms with E-state index >= 15 is 0 Å². The molecule has 0 bridgehead atoms. The Hall–Kier alpha value is -1.24. The lowest BCUT2D eigenvalue weighted by Crippen LogP contribution is -2.03. The molecule has 0 spiro atoms. The summed E-state index contributed by atoms with van der Waals surface area (Å²) in [6.07, 6.45) is 3.52. The second-order valence-corrected chi connectivity index (χ2v) is 5.94. The van der Waals surface area contributed by atoms with Crippen LogP contribution in [0.5, 0.6) is 0 Å². The number of thiazole rings is 1. The predicted molar refractivity (Wildman–Crippen MR) is 75.8 cm³/mol. The first-order chi connectivity index (χ1) is 9.13. The molecule has 3 aromatic rings.